The fraction of sp³-hybridized carbons (Fsp3) is 0. The second-order valence-electron chi connectivity index (χ2n) is 5.78. The summed E-state index contributed by atoms with van der Waals surface area (Å²) in [5, 5.41) is 12.7. The van der Waals surface area contributed by atoms with E-state index in [-0.39, 0.29) is 5.56 Å². The van der Waals surface area contributed by atoms with Crippen LogP contribution in [-0.4, -0.2) is 16.1 Å². The van der Waals surface area contributed by atoms with Gasteiger partial charge in [-0.25, -0.2) is 9.78 Å². The average Bonchev–Trinajstić information content (AvgIpc) is 2.88. The third-order valence-corrected chi connectivity index (χ3v) is 4.53. The van der Waals surface area contributed by atoms with Gasteiger partial charge in [-0.3, -0.25) is 0 Å². The van der Waals surface area contributed by atoms with Crippen molar-refractivity contribution in [3.05, 3.63) is 66.2 Å². The van der Waals surface area contributed by atoms with E-state index in [1.165, 1.54) is 16.3 Å². The summed E-state index contributed by atoms with van der Waals surface area (Å²) in [6.07, 6.45) is 0. The molecule has 0 unspecified atom stereocenters. The van der Waals surface area contributed by atoms with Gasteiger partial charge in [0.2, 0.25) is 0 Å². The molecule has 3 heteroatoms. The molecule has 1 aromatic heterocycles. The number of benzene rings is 3. The topological polar surface area (TPSA) is 50.2 Å². The highest BCUT2D eigenvalue weighted by atomic mass is 16.4. The van der Waals surface area contributed by atoms with Gasteiger partial charge in [-0.15, -0.1) is 0 Å². The smallest absolute Gasteiger partial charge is 0.337 e. The Bertz CT molecular complexity index is 1140. The molecule has 0 radical (unpaired) electrons. The number of nitrogens with zero attached hydrogens (tertiary/aromatic N) is 1. The summed E-state index contributed by atoms with van der Waals surface area (Å²) in [6, 6.07) is 19.8. The number of rotatable bonds is 1. The van der Waals surface area contributed by atoms with Gasteiger partial charge in [-0.1, -0.05) is 48.5 Å². The number of carbonyl (C=O) groups is 1. The lowest BCUT2D eigenvalue weighted by Crippen LogP contribution is -1.99. The van der Waals surface area contributed by atoms with Crippen LogP contribution in [0, 0.1) is 0 Å². The second kappa shape index (κ2) is 4.17. The molecule has 1 N–H and O–H groups in total. The van der Waals surface area contributed by atoms with Crippen molar-refractivity contribution in [2.75, 3.05) is 0 Å². The summed E-state index contributed by atoms with van der Waals surface area (Å²) in [4.78, 5) is 16.2. The van der Waals surface area contributed by atoms with Crippen LogP contribution >= 0.6 is 0 Å². The molecule has 4 aromatic rings. The number of fused-ring (bicyclic) bond motifs is 4. The molecule has 3 nitrogen and oxygen atoms in total. The Morgan fingerprint density at radius 2 is 1.52 bits per heavy atom. The molecule has 0 bridgehead atoms. The van der Waals surface area contributed by atoms with Gasteiger partial charge in [0.15, 0.2) is 0 Å². The van der Waals surface area contributed by atoms with Gasteiger partial charge in [-0.05, 0) is 28.5 Å². The first-order valence-electron chi connectivity index (χ1n) is 7.43. The van der Waals surface area contributed by atoms with Crippen LogP contribution < -0.4 is 0 Å². The molecule has 0 amide bonds. The fourth-order valence-corrected chi connectivity index (χ4v) is 3.54. The number of aromatic carboxylic acids is 1. The van der Waals surface area contributed by atoms with Gasteiger partial charge in [0.1, 0.15) is 0 Å². The first-order valence-corrected chi connectivity index (χ1v) is 7.43. The molecule has 3 aromatic carbocycles. The first-order chi connectivity index (χ1) is 11.2. The molecular weight excluding hydrogens is 286 g/mol. The van der Waals surface area contributed by atoms with Crippen molar-refractivity contribution in [1.82, 2.24) is 4.98 Å². The number of hydrogen-bond acceptors (Lipinski definition) is 2. The summed E-state index contributed by atoms with van der Waals surface area (Å²) in [7, 11) is 0. The lowest BCUT2D eigenvalue weighted by molar-refractivity contribution is 0.0699. The number of carboxylic acids is 1. The maximum atomic E-state index is 11.5. The van der Waals surface area contributed by atoms with Crippen LogP contribution in [0.5, 0.6) is 0 Å². The number of hydrogen-bond donors (Lipinski definition) is 1. The molecule has 1 heterocycles. The van der Waals surface area contributed by atoms with Crippen LogP contribution in [0.3, 0.4) is 0 Å². The van der Waals surface area contributed by atoms with Crippen molar-refractivity contribution in [3.63, 3.8) is 0 Å². The number of carboxylic acid groups (broad SMARTS) is 1. The summed E-state index contributed by atoms with van der Waals surface area (Å²) in [5.41, 5.74) is 4.99. The Hall–Kier alpha value is -3.20. The molecule has 0 saturated heterocycles. The third kappa shape index (κ3) is 1.53. The molecule has 0 fully saturated rings. The minimum absolute atomic E-state index is 0.244. The molecule has 108 valence electrons. The first kappa shape index (κ1) is 12.4. The quantitative estimate of drug-likeness (QED) is 0.486. The summed E-state index contributed by atoms with van der Waals surface area (Å²) in [5.74, 6) is -0.947. The van der Waals surface area contributed by atoms with Crippen LogP contribution in [-0.2, 0) is 0 Å². The van der Waals surface area contributed by atoms with Gasteiger partial charge >= 0.3 is 5.97 Å². The molecular formula is C20H11NO2. The van der Waals surface area contributed by atoms with E-state index in [0.717, 1.165) is 22.2 Å². The second-order valence-corrected chi connectivity index (χ2v) is 5.78. The Morgan fingerprint density at radius 1 is 0.826 bits per heavy atom. The van der Waals surface area contributed by atoms with Crippen molar-refractivity contribution in [2.45, 2.75) is 0 Å². The Morgan fingerprint density at radius 3 is 2.30 bits per heavy atom. The van der Waals surface area contributed by atoms with Gasteiger partial charge in [0.25, 0.3) is 0 Å². The van der Waals surface area contributed by atoms with Gasteiger partial charge in [0, 0.05) is 16.5 Å². The van der Waals surface area contributed by atoms with Crippen molar-refractivity contribution in [2.24, 2.45) is 0 Å². The zero-order chi connectivity index (χ0) is 15.6. The Kier molecular flexibility index (Phi) is 2.24. The zero-order valence-corrected chi connectivity index (χ0v) is 12.1. The Balaban J connectivity index is 1.96. The predicted octanol–water partition coefficient (Wildman–Crippen LogP) is 4.73. The van der Waals surface area contributed by atoms with Gasteiger partial charge < -0.3 is 5.11 Å². The van der Waals surface area contributed by atoms with E-state index in [0.29, 0.717) is 5.52 Å². The van der Waals surface area contributed by atoms with Crippen LogP contribution in [0.4, 0.5) is 0 Å². The maximum absolute atomic E-state index is 11.5. The highest BCUT2D eigenvalue weighted by Gasteiger charge is 2.23. The molecule has 1 aliphatic rings. The minimum Gasteiger partial charge on any atom is -0.478 e. The van der Waals surface area contributed by atoms with Crippen LogP contribution in [0.15, 0.2) is 60.7 Å². The normalized spacial score (nSPS) is 11.8. The molecule has 0 saturated carbocycles. The van der Waals surface area contributed by atoms with E-state index in [2.05, 4.69) is 36.4 Å². The fourth-order valence-electron chi connectivity index (χ4n) is 3.54. The highest BCUT2D eigenvalue weighted by molar-refractivity contribution is 6.16. The van der Waals surface area contributed by atoms with Crippen molar-refractivity contribution in [3.8, 4) is 22.4 Å². The summed E-state index contributed by atoms with van der Waals surface area (Å²) in [6.45, 7) is 0. The van der Waals surface area contributed by atoms with Crippen molar-refractivity contribution >= 4 is 27.6 Å². The van der Waals surface area contributed by atoms with E-state index in [9.17, 15) is 9.90 Å². The molecule has 0 spiro atoms. The third-order valence-electron chi connectivity index (χ3n) is 4.53. The van der Waals surface area contributed by atoms with Gasteiger partial charge in [0.05, 0.1) is 16.8 Å². The number of aromatic nitrogens is 1. The van der Waals surface area contributed by atoms with E-state index >= 15 is 0 Å². The molecule has 0 atom stereocenters. The molecule has 0 aliphatic heterocycles. The largest absolute Gasteiger partial charge is 0.478 e. The highest BCUT2D eigenvalue weighted by Crippen LogP contribution is 2.47. The summed E-state index contributed by atoms with van der Waals surface area (Å²) >= 11 is 0. The van der Waals surface area contributed by atoms with E-state index in [1.54, 1.807) is 12.1 Å². The lowest BCUT2D eigenvalue weighted by atomic mass is 10.0. The lowest BCUT2D eigenvalue weighted by Gasteiger charge is -2.06. The summed E-state index contributed by atoms with van der Waals surface area (Å²) < 4.78 is 0. The molecule has 5 rings (SSSR count). The minimum atomic E-state index is -0.947. The van der Waals surface area contributed by atoms with Crippen molar-refractivity contribution in [1.29, 1.82) is 0 Å². The maximum Gasteiger partial charge on any atom is 0.337 e. The monoisotopic (exact) mass is 297 g/mol. The van der Waals surface area contributed by atoms with E-state index in [1.807, 2.05) is 12.1 Å². The van der Waals surface area contributed by atoms with Crippen LogP contribution in [0.25, 0.3) is 44.1 Å². The van der Waals surface area contributed by atoms with Crippen molar-refractivity contribution < 1.29 is 9.90 Å². The van der Waals surface area contributed by atoms with Crippen LogP contribution in [0.2, 0.25) is 0 Å². The standard InChI is InChI=1S/C20H11NO2/c22-20(23)15-9-3-6-12-10-16-13-7-1-4-11-5-2-8-14(17(11)13)19(16)21-18(12)15/h1-10H,(H,22,23). The predicted molar refractivity (Wildman–Crippen MR) is 90.6 cm³/mol. The number of pyridine rings is 1. The molecule has 23 heavy (non-hydrogen) atoms. The van der Waals surface area contributed by atoms with E-state index in [4.69, 9.17) is 4.98 Å². The van der Waals surface area contributed by atoms with Crippen LogP contribution in [0.1, 0.15) is 10.4 Å². The average molecular weight is 297 g/mol. The van der Waals surface area contributed by atoms with Gasteiger partial charge in [-0.2, -0.15) is 0 Å². The Labute approximate surface area is 131 Å². The molecule has 1 aliphatic carbocycles. The zero-order valence-electron chi connectivity index (χ0n) is 12.1. The number of para-hydroxylation sites is 1. The van der Waals surface area contributed by atoms with E-state index < -0.39 is 5.97 Å². The SMILES string of the molecule is O=C(O)c1cccc2cc3c(nc12)-c1cccc2cccc-3c12.